The molecule has 2 aromatic heterocycles. The second-order valence-corrected chi connectivity index (χ2v) is 6.22. The fourth-order valence-electron chi connectivity index (χ4n) is 2.46. The SMILES string of the molecule is Cc1nc(CN2CCc3nc(C(F)(F)F)[nH]c(=O)c3C2)cs1. The van der Waals surface area contributed by atoms with E-state index in [1.54, 1.807) is 11.3 Å². The van der Waals surface area contributed by atoms with Crippen molar-refractivity contribution >= 4 is 11.3 Å². The summed E-state index contributed by atoms with van der Waals surface area (Å²) in [5.74, 6) is -1.22. The van der Waals surface area contributed by atoms with Crippen LogP contribution in [0.15, 0.2) is 10.2 Å². The predicted molar refractivity (Wildman–Crippen MR) is 74.5 cm³/mol. The molecule has 0 radical (unpaired) electrons. The van der Waals surface area contributed by atoms with E-state index < -0.39 is 17.6 Å². The molecule has 0 saturated carbocycles. The molecule has 0 aliphatic carbocycles. The van der Waals surface area contributed by atoms with E-state index in [2.05, 4.69) is 9.97 Å². The highest BCUT2D eigenvalue weighted by molar-refractivity contribution is 7.09. The summed E-state index contributed by atoms with van der Waals surface area (Å²) in [7, 11) is 0. The van der Waals surface area contributed by atoms with Crippen molar-refractivity contribution in [3.05, 3.63) is 43.5 Å². The van der Waals surface area contributed by atoms with Crippen LogP contribution < -0.4 is 5.56 Å². The van der Waals surface area contributed by atoms with Crippen LogP contribution in [0.2, 0.25) is 0 Å². The Kier molecular flexibility index (Phi) is 3.77. The number of hydrogen-bond acceptors (Lipinski definition) is 5. The summed E-state index contributed by atoms with van der Waals surface area (Å²) >= 11 is 1.54. The maximum absolute atomic E-state index is 12.7. The maximum atomic E-state index is 12.7. The minimum atomic E-state index is -4.64. The van der Waals surface area contributed by atoms with E-state index in [9.17, 15) is 18.0 Å². The molecule has 1 aliphatic rings. The van der Waals surface area contributed by atoms with Crippen molar-refractivity contribution in [2.45, 2.75) is 32.6 Å². The van der Waals surface area contributed by atoms with Gasteiger partial charge in [-0.05, 0) is 6.92 Å². The molecule has 1 N–H and O–H groups in total. The van der Waals surface area contributed by atoms with E-state index >= 15 is 0 Å². The number of rotatable bonds is 2. The molecule has 0 atom stereocenters. The van der Waals surface area contributed by atoms with Gasteiger partial charge in [0.25, 0.3) is 5.56 Å². The lowest BCUT2D eigenvalue weighted by molar-refractivity contribution is -0.145. The molecule has 0 aromatic carbocycles. The minimum Gasteiger partial charge on any atom is -0.303 e. The van der Waals surface area contributed by atoms with Gasteiger partial charge in [0.05, 0.1) is 22.0 Å². The molecule has 0 unspecified atom stereocenters. The van der Waals surface area contributed by atoms with Gasteiger partial charge in [-0.1, -0.05) is 0 Å². The monoisotopic (exact) mass is 330 g/mol. The summed E-state index contributed by atoms with van der Waals surface area (Å²) in [5, 5.41) is 2.90. The average Bonchev–Trinajstić information content (AvgIpc) is 2.83. The summed E-state index contributed by atoms with van der Waals surface area (Å²) in [6, 6.07) is 0. The lowest BCUT2D eigenvalue weighted by Crippen LogP contribution is -2.36. The molecule has 22 heavy (non-hydrogen) atoms. The second kappa shape index (κ2) is 5.47. The molecular formula is C13H13F3N4OS. The van der Waals surface area contributed by atoms with Crippen LogP contribution in [0.3, 0.4) is 0 Å². The first-order valence-corrected chi connectivity index (χ1v) is 7.53. The van der Waals surface area contributed by atoms with E-state index in [1.807, 2.05) is 22.2 Å². The van der Waals surface area contributed by atoms with Crippen LogP contribution in [0.4, 0.5) is 13.2 Å². The Labute approximate surface area is 127 Å². The lowest BCUT2D eigenvalue weighted by Gasteiger charge is -2.27. The summed E-state index contributed by atoms with van der Waals surface area (Å²) in [6.45, 7) is 3.32. The smallest absolute Gasteiger partial charge is 0.303 e. The van der Waals surface area contributed by atoms with Gasteiger partial charge < -0.3 is 4.98 Å². The second-order valence-electron chi connectivity index (χ2n) is 5.16. The number of aromatic amines is 1. The number of nitrogens with one attached hydrogen (secondary N) is 1. The van der Waals surface area contributed by atoms with E-state index in [4.69, 9.17) is 0 Å². The molecule has 5 nitrogen and oxygen atoms in total. The zero-order chi connectivity index (χ0) is 15.9. The van der Waals surface area contributed by atoms with E-state index in [0.717, 1.165) is 10.7 Å². The van der Waals surface area contributed by atoms with Gasteiger partial charge in [-0.3, -0.25) is 9.69 Å². The van der Waals surface area contributed by atoms with Gasteiger partial charge in [-0.2, -0.15) is 13.2 Å². The lowest BCUT2D eigenvalue weighted by atomic mass is 10.1. The Morgan fingerprint density at radius 1 is 1.41 bits per heavy atom. The molecule has 0 saturated heterocycles. The molecule has 2 aromatic rings. The number of thiazole rings is 1. The van der Waals surface area contributed by atoms with Crippen molar-refractivity contribution in [1.82, 2.24) is 19.9 Å². The first-order chi connectivity index (χ1) is 10.3. The molecule has 1 aliphatic heterocycles. The van der Waals surface area contributed by atoms with Crippen LogP contribution >= 0.6 is 11.3 Å². The normalized spacial score (nSPS) is 15.8. The molecule has 0 spiro atoms. The van der Waals surface area contributed by atoms with Crippen molar-refractivity contribution in [2.75, 3.05) is 6.54 Å². The van der Waals surface area contributed by atoms with Gasteiger partial charge >= 0.3 is 6.18 Å². The van der Waals surface area contributed by atoms with Crippen molar-refractivity contribution < 1.29 is 13.2 Å². The Bertz CT molecular complexity index is 752. The number of halogens is 3. The Balaban J connectivity index is 1.83. The van der Waals surface area contributed by atoms with E-state index in [-0.39, 0.29) is 12.2 Å². The number of H-pyrrole nitrogens is 1. The van der Waals surface area contributed by atoms with Gasteiger partial charge in [-0.25, -0.2) is 9.97 Å². The van der Waals surface area contributed by atoms with Crippen molar-refractivity contribution in [3.8, 4) is 0 Å². The van der Waals surface area contributed by atoms with Gasteiger partial charge in [0.1, 0.15) is 0 Å². The molecule has 3 heterocycles. The Hall–Kier alpha value is -1.74. The van der Waals surface area contributed by atoms with Crippen LogP contribution in [-0.2, 0) is 25.7 Å². The van der Waals surface area contributed by atoms with Gasteiger partial charge in [0.15, 0.2) is 0 Å². The summed E-state index contributed by atoms with van der Waals surface area (Å²) in [4.78, 5) is 23.6. The number of nitrogens with zero attached hydrogens (tertiary/aromatic N) is 3. The Morgan fingerprint density at radius 3 is 2.82 bits per heavy atom. The molecule has 118 valence electrons. The number of fused-ring (bicyclic) bond motifs is 1. The fourth-order valence-corrected chi connectivity index (χ4v) is 3.06. The highest BCUT2D eigenvalue weighted by atomic mass is 32.1. The quantitative estimate of drug-likeness (QED) is 0.916. The summed E-state index contributed by atoms with van der Waals surface area (Å²) in [6.07, 6.45) is -4.31. The average molecular weight is 330 g/mol. The highest BCUT2D eigenvalue weighted by Crippen LogP contribution is 2.26. The maximum Gasteiger partial charge on any atom is 0.449 e. The topological polar surface area (TPSA) is 61.9 Å². The standard InChI is InChI=1S/C13H13F3N4OS/c1-7-17-8(6-22-7)4-20-3-2-10-9(5-20)11(21)19-12(18-10)13(14,15)16/h6H,2-5H2,1H3,(H,18,19,21). The molecule has 0 bridgehead atoms. The molecule has 9 heteroatoms. The van der Waals surface area contributed by atoms with Crippen LogP contribution in [-0.4, -0.2) is 26.4 Å². The van der Waals surface area contributed by atoms with Crippen molar-refractivity contribution in [1.29, 1.82) is 0 Å². The third-order valence-electron chi connectivity index (χ3n) is 3.47. The number of aromatic nitrogens is 3. The molecular weight excluding hydrogens is 317 g/mol. The van der Waals surface area contributed by atoms with E-state index in [1.165, 1.54) is 0 Å². The number of hydrogen-bond donors (Lipinski definition) is 1. The van der Waals surface area contributed by atoms with Gasteiger partial charge in [-0.15, -0.1) is 11.3 Å². The van der Waals surface area contributed by atoms with Gasteiger partial charge in [0, 0.05) is 31.4 Å². The zero-order valence-corrected chi connectivity index (χ0v) is 12.5. The van der Waals surface area contributed by atoms with Crippen molar-refractivity contribution in [3.63, 3.8) is 0 Å². The largest absolute Gasteiger partial charge is 0.449 e. The molecule has 0 amide bonds. The number of aryl methyl sites for hydroxylation is 1. The third kappa shape index (κ3) is 3.05. The summed E-state index contributed by atoms with van der Waals surface area (Å²) in [5.41, 5.74) is 0.742. The third-order valence-corrected chi connectivity index (χ3v) is 4.29. The number of alkyl halides is 3. The first-order valence-electron chi connectivity index (χ1n) is 6.65. The van der Waals surface area contributed by atoms with Crippen molar-refractivity contribution in [2.24, 2.45) is 0 Å². The first kappa shape index (κ1) is 15.2. The van der Waals surface area contributed by atoms with Crippen LogP contribution in [0.1, 0.15) is 27.8 Å². The van der Waals surface area contributed by atoms with Crippen LogP contribution in [0.5, 0.6) is 0 Å². The highest BCUT2D eigenvalue weighted by Gasteiger charge is 2.35. The summed E-state index contributed by atoms with van der Waals surface area (Å²) < 4.78 is 38.0. The van der Waals surface area contributed by atoms with Gasteiger partial charge in [0.2, 0.25) is 5.82 Å². The predicted octanol–water partition coefficient (Wildman–Crippen LogP) is 2.11. The van der Waals surface area contributed by atoms with E-state index in [0.29, 0.717) is 25.1 Å². The molecule has 3 rings (SSSR count). The zero-order valence-electron chi connectivity index (χ0n) is 11.7. The minimum absolute atomic E-state index is 0.238. The molecule has 0 fully saturated rings. The van der Waals surface area contributed by atoms with Crippen LogP contribution in [0.25, 0.3) is 0 Å². The Morgan fingerprint density at radius 2 is 2.18 bits per heavy atom. The van der Waals surface area contributed by atoms with Crippen LogP contribution in [0, 0.1) is 6.92 Å². The fraction of sp³-hybridized carbons (Fsp3) is 0.462.